The Bertz CT molecular complexity index is 4040. The average molecular weight is 1170 g/mol. The van der Waals surface area contributed by atoms with E-state index in [0.29, 0.717) is 0 Å². The van der Waals surface area contributed by atoms with E-state index >= 15 is 0 Å². The molecule has 2 aliphatic rings. The van der Waals surface area contributed by atoms with Crippen LogP contribution in [0, 0.1) is 7.14 Å². The van der Waals surface area contributed by atoms with Gasteiger partial charge in [0.15, 0.2) is 0 Å². The first kappa shape index (κ1) is 42.7. The Labute approximate surface area is 442 Å². The molecule has 0 atom stereocenters. The second-order valence-corrected chi connectivity index (χ2v) is 27.4. The van der Waals surface area contributed by atoms with E-state index in [9.17, 15) is 0 Å². The maximum atomic E-state index is 2.68. The molecule has 0 aliphatic carbocycles. The molecule has 15 rings (SSSR count). The van der Waals surface area contributed by atoms with Gasteiger partial charge in [-0.15, -0.1) is 0 Å². The summed E-state index contributed by atoms with van der Waals surface area (Å²) in [5.41, 5.74) is 9.09. The summed E-state index contributed by atoms with van der Waals surface area (Å²) in [5.74, 6) is 0. The molecule has 0 bridgehead atoms. The number of fused-ring (bicyclic) bond motifs is 20. The molecule has 0 saturated carbocycles. The third-order valence-corrected chi connectivity index (χ3v) is 23.7. The molecule has 11 aromatic carbocycles. The number of hydrogen-bond donors (Lipinski definition) is 0. The molecule has 0 radical (unpaired) electrons. The summed E-state index contributed by atoms with van der Waals surface area (Å²) in [6.45, 7) is 4.75. The van der Waals surface area contributed by atoms with Crippen LogP contribution in [-0.4, -0.2) is 15.6 Å². The summed E-state index contributed by atoms with van der Waals surface area (Å²) in [6, 6.07) is 72.8. The standard InChI is InChI=1S/C64H45BI2N2S2/c1-3-32-66-38-24-30-58-54(34-38)61-63(70-58)65-60-56(68(61)40-26-28-50-46-18-7-5-14-42(46)44-16-9-11-20-48(44)52(50)36-40)22-13-23-57(60)69(62-55-35-39(67-33-4-2)25-31-59(55)71-64(62)65)41-27-29-51-47-19-8-6-15-43(47)45-17-10-12-21-49(45)53(51)37-41/h5-31,34-37H,3-4,32-33H2,1-2H3/q-2. The van der Waals surface area contributed by atoms with Gasteiger partial charge in [0, 0.05) is 0 Å². The van der Waals surface area contributed by atoms with Crippen LogP contribution in [0.25, 0.3) is 84.8 Å². The molecular formula is C64H45BI2N2S2-2. The van der Waals surface area contributed by atoms with E-state index in [-0.39, 0.29) is 49.1 Å². The van der Waals surface area contributed by atoms with E-state index < -0.39 is 0 Å². The van der Waals surface area contributed by atoms with Crippen LogP contribution >= 0.6 is 22.7 Å². The fourth-order valence-electron chi connectivity index (χ4n) is 12.0. The van der Waals surface area contributed by atoms with Crippen molar-refractivity contribution in [2.24, 2.45) is 0 Å². The summed E-state index contributed by atoms with van der Waals surface area (Å²) >= 11 is 3.89. The van der Waals surface area contributed by atoms with Gasteiger partial charge in [-0.3, -0.25) is 0 Å². The first-order valence-electron chi connectivity index (χ1n) is 24.9. The van der Waals surface area contributed by atoms with E-state index in [1.165, 1.54) is 163 Å². The summed E-state index contributed by atoms with van der Waals surface area (Å²) in [6.07, 6.45) is 2.46. The average Bonchev–Trinajstić information content (AvgIpc) is 4.00. The second-order valence-electron chi connectivity index (χ2n) is 19.0. The first-order valence-corrected chi connectivity index (χ1v) is 31.7. The molecule has 2 aromatic heterocycles. The van der Waals surface area contributed by atoms with Crippen LogP contribution < -0.4 is 67.2 Å². The number of hydrogen-bond acceptors (Lipinski definition) is 4. The normalized spacial score (nSPS) is 13.3. The number of rotatable bonds is 8. The molecule has 13 aromatic rings. The van der Waals surface area contributed by atoms with Crippen LogP contribution in [0.3, 0.4) is 0 Å². The number of thiophene rings is 2. The molecule has 71 heavy (non-hydrogen) atoms. The van der Waals surface area contributed by atoms with Crippen molar-refractivity contribution in [1.29, 1.82) is 0 Å². The zero-order chi connectivity index (χ0) is 46.9. The van der Waals surface area contributed by atoms with Crippen molar-refractivity contribution in [2.75, 3.05) is 18.7 Å². The molecule has 0 fully saturated rings. The van der Waals surface area contributed by atoms with E-state index in [4.69, 9.17) is 0 Å². The minimum absolute atomic E-state index is 0.0857. The van der Waals surface area contributed by atoms with Crippen LogP contribution in [0.1, 0.15) is 26.7 Å². The second kappa shape index (κ2) is 16.8. The molecule has 2 nitrogen and oxygen atoms in total. The number of anilines is 6. The van der Waals surface area contributed by atoms with Crippen molar-refractivity contribution in [3.8, 4) is 0 Å². The Morgan fingerprint density at radius 1 is 0.366 bits per heavy atom. The van der Waals surface area contributed by atoms with E-state index in [1.807, 2.05) is 22.7 Å². The Kier molecular flexibility index (Phi) is 10.1. The summed E-state index contributed by atoms with van der Waals surface area (Å²) in [5, 5.41) is 18.4. The van der Waals surface area contributed by atoms with Crippen molar-refractivity contribution in [3.05, 3.63) is 195 Å². The molecule has 342 valence electrons. The van der Waals surface area contributed by atoms with Gasteiger partial charge in [-0.2, -0.15) is 0 Å². The Hall–Kier alpha value is -5.98. The van der Waals surface area contributed by atoms with Crippen molar-refractivity contribution < 1.29 is 42.4 Å². The van der Waals surface area contributed by atoms with Gasteiger partial charge < -0.3 is 0 Å². The van der Waals surface area contributed by atoms with Crippen LogP contribution in [0.2, 0.25) is 0 Å². The predicted molar refractivity (Wildman–Crippen MR) is 304 cm³/mol. The number of alkyl halides is 2. The predicted octanol–water partition coefficient (Wildman–Crippen LogP) is 10.5. The minimum atomic E-state index is -0.0857. The Morgan fingerprint density at radius 3 is 1.11 bits per heavy atom. The number of benzene rings is 11. The fraction of sp³-hybridized carbons (Fsp3) is 0.0938. The van der Waals surface area contributed by atoms with Crippen molar-refractivity contribution in [3.63, 3.8) is 0 Å². The molecule has 4 heterocycles. The van der Waals surface area contributed by atoms with Crippen LogP contribution in [0.4, 0.5) is 34.1 Å². The van der Waals surface area contributed by atoms with Gasteiger partial charge in [-0.05, 0) is 0 Å². The van der Waals surface area contributed by atoms with Gasteiger partial charge in [-0.1, -0.05) is 12.1 Å². The first-order chi connectivity index (χ1) is 35.1. The summed E-state index contributed by atoms with van der Waals surface area (Å²) in [4.78, 5) is 5.36. The maximum absolute atomic E-state index is 2.68. The molecule has 0 spiro atoms. The van der Waals surface area contributed by atoms with Crippen LogP contribution in [0.5, 0.6) is 0 Å². The van der Waals surface area contributed by atoms with Gasteiger partial charge in [0.05, 0.1) is 0 Å². The molecular weight excluding hydrogens is 1130 g/mol. The van der Waals surface area contributed by atoms with Gasteiger partial charge in [-0.25, -0.2) is 0 Å². The Balaban J connectivity index is 1.04. The van der Waals surface area contributed by atoms with Crippen molar-refractivity contribution in [2.45, 2.75) is 26.7 Å². The summed E-state index contributed by atoms with van der Waals surface area (Å²) < 4.78 is 11.3. The molecule has 0 amide bonds. The summed E-state index contributed by atoms with van der Waals surface area (Å²) in [7, 11) is 0. The third-order valence-electron chi connectivity index (χ3n) is 14.9. The molecule has 0 saturated heterocycles. The molecule has 7 heteroatoms. The fourth-order valence-corrected chi connectivity index (χ4v) is 18.9. The van der Waals surface area contributed by atoms with Crippen LogP contribution in [0.15, 0.2) is 188 Å². The zero-order valence-electron chi connectivity index (χ0n) is 39.3. The van der Waals surface area contributed by atoms with E-state index in [2.05, 4.69) is 212 Å². The topological polar surface area (TPSA) is 6.48 Å². The Morgan fingerprint density at radius 2 is 0.732 bits per heavy atom. The molecule has 0 N–H and O–H groups in total. The van der Waals surface area contributed by atoms with Crippen LogP contribution in [-0.2, 0) is 0 Å². The quantitative estimate of drug-likeness (QED) is 0.0648. The van der Waals surface area contributed by atoms with Gasteiger partial charge >= 0.3 is 434 Å². The third kappa shape index (κ3) is 6.41. The monoisotopic (exact) mass is 1170 g/mol. The van der Waals surface area contributed by atoms with Gasteiger partial charge in [0.2, 0.25) is 0 Å². The molecule has 2 aliphatic heterocycles. The number of nitrogens with zero attached hydrogens (tertiary/aromatic N) is 2. The van der Waals surface area contributed by atoms with E-state index in [0.717, 1.165) is 0 Å². The van der Waals surface area contributed by atoms with E-state index in [1.54, 1.807) is 0 Å². The van der Waals surface area contributed by atoms with Gasteiger partial charge in [0.1, 0.15) is 0 Å². The molecule has 0 unspecified atom stereocenters. The van der Waals surface area contributed by atoms with Crippen molar-refractivity contribution >= 4 is 163 Å². The zero-order valence-corrected chi connectivity index (χ0v) is 45.2. The SMILES string of the molecule is CCC[I-]c1ccc2sc3c(c2c1)N(c1ccc2c4ccccc4c4ccccc4c2c1)c1cccc2c1B3c1sc3ccc([I-]CCC)cc3c1N2c1ccc2c3ccccc3c3ccccc3c2c1. The van der Waals surface area contributed by atoms with Gasteiger partial charge in [0.25, 0.3) is 0 Å². The van der Waals surface area contributed by atoms with Crippen molar-refractivity contribution in [1.82, 2.24) is 0 Å². The number of halogens is 2.